The molecule has 4 nitrogen and oxygen atoms in total. The Morgan fingerprint density at radius 2 is 1.82 bits per heavy atom. The summed E-state index contributed by atoms with van der Waals surface area (Å²) in [5.41, 5.74) is -0.0871. The van der Waals surface area contributed by atoms with E-state index >= 15 is 0 Å². The van der Waals surface area contributed by atoms with E-state index in [1.165, 1.54) is 0 Å². The molecule has 100 valence electrons. The Labute approximate surface area is 106 Å². The Kier molecular flexibility index (Phi) is 8.12. The van der Waals surface area contributed by atoms with E-state index in [0.717, 1.165) is 0 Å². The molecule has 0 bridgehead atoms. The summed E-state index contributed by atoms with van der Waals surface area (Å²) in [7, 11) is -0.523. The van der Waals surface area contributed by atoms with Gasteiger partial charge in [0, 0.05) is 25.2 Å². The molecule has 0 rings (SSSR count). The number of hydrogen-bond donors (Lipinski definition) is 0. The van der Waals surface area contributed by atoms with Crippen LogP contribution in [0.4, 0.5) is 0 Å². The SMILES string of the molecule is C=C(C)C(=O)OCCC(OCC)(OCC)[SiH2]C. The van der Waals surface area contributed by atoms with Crippen LogP contribution in [-0.2, 0) is 19.0 Å². The molecule has 0 spiro atoms. The van der Waals surface area contributed by atoms with Crippen molar-refractivity contribution < 1.29 is 19.0 Å². The van der Waals surface area contributed by atoms with Crippen LogP contribution in [0.2, 0.25) is 6.55 Å². The molecule has 0 atom stereocenters. The van der Waals surface area contributed by atoms with Crippen LogP contribution in [-0.4, -0.2) is 40.7 Å². The highest BCUT2D eigenvalue weighted by Crippen LogP contribution is 2.17. The van der Waals surface area contributed by atoms with Crippen molar-refractivity contribution in [2.24, 2.45) is 0 Å². The standard InChI is InChI=1S/C12H24O4Si/c1-6-15-12(17-5,16-7-2)8-9-14-11(13)10(3)4/h3,6-9,17H2,1-2,4-5H3. The van der Waals surface area contributed by atoms with E-state index in [-0.39, 0.29) is 5.97 Å². The lowest BCUT2D eigenvalue weighted by atomic mass is 10.3. The smallest absolute Gasteiger partial charge is 0.333 e. The minimum Gasteiger partial charge on any atom is -0.462 e. The molecule has 0 saturated heterocycles. The molecule has 0 amide bonds. The molecule has 0 unspecified atom stereocenters. The molecule has 0 aliphatic heterocycles. The van der Waals surface area contributed by atoms with E-state index in [2.05, 4.69) is 13.1 Å². The second-order valence-electron chi connectivity index (χ2n) is 3.80. The van der Waals surface area contributed by atoms with Crippen LogP contribution < -0.4 is 0 Å². The average molecular weight is 260 g/mol. The number of hydrogen-bond acceptors (Lipinski definition) is 4. The minimum absolute atomic E-state index is 0.312. The maximum atomic E-state index is 11.2. The summed E-state index contributed by atoms with van der Waals surface area (Å²) in [6.45, 7) is 12.7. The molecule has 5 heteroatoms. The van der Waals surface area contributed by atoms with Gasteiger partial charge in [0.05, 0.1) is 16.1 Å². The average Bonchev–Trinajstić information content (AvgIpc) is 2.29. The Balaban J connectivity index is 4.24. The van der Waals surface area contributed by atoms with E-state index in [1.807, 2.05) is 13.8 Å². The molecule has 0 aliphatic carbocycles. The molecule has 0 saturated carbocycles. The highest BCUT2D eigenvalue weighted by molar-refractivity contribution is 6.37. The Morgan fingerprint density at radius 3 is 2.18 bits per heavy atom. The molecule has 0 aromatic heterocycles. The molecule has 0 aliphatic rings. The summed E-state index contributed by atoms with van der Waals surface area (Å²) in [6, 6.07) is 0. The van der Waals surface area contributed by atoms with E-state index in [4.69, 9.17) is 14.2 Å². The number of carbonyl (C=O) groups is 1. The van der Waals surface area contributed by atoms with Crippen LogP contribution in [0.3, 0.4) is 0 Å². The van der Waals surface area contributed by atoms with E-state index in [0.29, 0.717) is 31.8 Å². The van der Waals surface area contributed by atoms with Gasteiger partial charge in [-0.15, -0.1) is 0 Å². The van der Waals surface area contributed by atoms with Crippen molar-refractivity contribution in [2.45, 2.75) is 39.1 Å². The van der Waals surface area contributed by atoms with Gasteiger partial charge in [-0.05, 0) is 20.8 Å². The maximum Gasteiger partial charge on any atom is 0.333 e. The second-order valence-corrected chi connectivity index (χ2v) is 5.58. The van der Waals surface area contributed by atoms with Crippen LogP contribution in [0.15, 0.2) is 12.2 Å². The van der Waals surface area contributed by atoms with Gasteiger partial charge in [-0.2, -0.15) is 0 Å². The van der Waals surface area contributed by atoms with Gasteiger partial charge in [-0.25, -0.2) is 4.79 Å². The minimum atomic E-state index is -0.523. The lowest BCUT2D eigenvalue weighted by molar-refractivity contribution is -0.186. The molecule has 0 aromatic carbocycles. The molecule has 0 aromatic rings. The first-order valence-electron chi connectivity index (χ1n) is 6.11. The summed E-state index contributed by atoms with van der Waals surface area (Å²) in [5.74, 6) is -0.357. The first-order chi connectivity index (χ1) is 8.01. The first-order valence-corrected chi connectivity index (χ1v) is 8.24. The quantitative estimate of drug-likeness (QED) is 0.272. The monoisotopic (exact) mass is 260 g/mol. The van der Waals surface area contributed by atoms with Crippen molar-refractivity contribution >= 4 is 15.5 Å². The topological polar surface area (TPSA) is 44.8 Å². The lowest BCUT2D eigenvalue weighted by Crippen LogP contribution is -2.42. The van der Waals surface area contributed by atoms with Crippen LogP contribution in [0.25, 0.3) is 0 Å². The summed E-state index contributed by atoms with van der Waals surface area (Å²) in [6.07, 6.45) is 0.594. The van der Waals surface area contributed by atoms with Crippen LogP contribution >= 0.6 is 0 Å². The van der Waals surface area contributed by atoms with Gasteiger partial charge in [0.1, 0.15) is 5.41 Å². The highest BCUT2D eigenvalue weighted by Gasteiger charge is 2.29. The van der Waals surface area contributed by atoms with E-state index in [9.17, 15) is 4.79 Å². The zero-order valence-corrected chi connectivity index (χ0v) is 12.8. The van der Waals surface area contributed by atoms with Crippen molar-refractivity contribution in [3.8, 4) is 0 Å². The van der Waals surface area contributed by atoms with Gasteiger partial charge < -0.3 is 14.2 Å². The van der Waals surface area contributed by atoms with Gasteiger partial charge in [0.15, 0.2) is 0 Å². The zero-order chi connectivity index (χ0) is 13.3. The summed E-state index contributed by atoms with van der Waals surface area (Å²) >= 11 is 0. The summed E-state index contributed by atoms with van der Waals surface area (Å²) in [4.78, 5) is 11.2. The predicted octanol–water partition coefficient (Wildman–Crippen LogP) is 1.44. The third kappa shape index (κ3) is 6.00. The van der Waals surface area contributed by atoms with Gasteiger partial charge in [-0.3, -0.25) is 0 Å². The van der Waals surface area contributed by atoms with Crippen molar-refractivity contribution in [2.75, 3.05) is 19.8 Å². The molecule has 0 fully saturated rings. The zero-order valence-electron chi connectivity index (χ0n) is 11.4. The van der Waals surface area contributed by atoms with E-state index < -0.39 is 14.9 Å². The number of rotatable bonds is 9. The number of esters is 1. The third-order valence-electron chi connectivity index (χ3n) is 2.42. The van der Waals surface area contributed by atoms with Gasteiger partial charge in [0.2, 0.25) is 0 Å². The predicted molar refractivity (Wildman–Crippen MR) is 70.8 cm³/mol. The molecule has 0 N–H and O–H groups in total. The van der Waals surface area contributed by atoms with Crippen LogP contribution in [0.5, 0.6) is 0 Å². The second kappa shape index (κ2) is 8.44. The van der Waals surface area contributed by atoms with Crippen molar-refractivity contribution in [1.82, 2.24) is 0 Å². The lowest BCUT2D eigenvalue weighted by Gasteiger charge is -2.32. The fourth-order valence-corrected chi connectivity index (χ4v) is 2.83. The summed E-state index contributed by atoms with van der Waals surface area (Å²) < 4.78 is 16.5. The molecule has 0 heterocycles. The van der Waals surface area contributed by atoms with Gasteiger partial charge in [0.25, 0.3) is 0 Å². The first kappa shape index (κ1) is 16.3. The fraction of sp³-hybridized carbons (Fsp3) is 0.750. The molecule has 0 radical (unpaired) electrons. The Bertz CT molecular complexity index is 247. The largest absolute Gasteiger partial charge is 0.462 e. The van der Waals surface area contributed by atoms with Crippen molar-refractivity contribution in [3.05, 3.63) is 12.2 Å². The Morgan fingerprint density at radius 1 is 1.29 bits per heavy atom. The molecule has 17 heavy (non-hydrogen) atoms. The van der Waals surface area contributed by atoms with Crippen LogP contribution in [0, 0.1) is 0 Å². The highest BCUT2D eigenvalue weighted by atomic mass is 28.2. The van der Waals surface area contributed by atoms with E-state index in [1.54, 1.807) is 6.92 Å². The Hall–Kier alpha value is -0.653. The van der Waals surface area contributed by atoms with Crippen molar-refractivity contribution in [3.63, 3.8) is 0 Å². The van der Waals surface area contributed by atoms with Gasteiger partial charge in [-0.1, -0.05) is 13.1 Å². The molecular weight excluding hydrogens is 236 g/mol. The third-order valence-corrected chi connectivity index (χ3v) is 4.26. The fourth-order valence-electron chi connectivity index (χ4n) is 1.52. The number of carbonyl (C=O) groups excluding carboxylic acids is 1. The summed E-state index contributed by atoms with van der Waals surface area (Å²) in [5, 5.41) is 0. The maximum absolute atomic E-state index is 11.2. The molecular formula is C12H24O4Si. The van der Waals surface area contributed by atoms with Crippen LogP contribution in [0.1, 0.15) is 27.2 Å². The van der Waals surface area contributed by atoms with Crippen molar-refractivity contribution in [1.29, 1.82) is 0 Å². The number of ether oxygens (including phenoxy) is 3. The van der Waals surface area contributed by atoms with Gasteiger partial charge >= 0.3 is 5.97 Å². The normalized spacial score (nSPS) is 12.0.